The zero-order chi connectivity index (χ0) is 99.9. The van der Waals surface area contributed by atoms with Gasteiger partial charge in [0.25, 0.3) is 17.7 Å². The van der Waals surface area contributed by atoms with Crippen LogP contribution in [0.4, 0.5) is 62.6 Å². The van der Waals surface area contributed by atoms with E-state index in [0.29, 0.717) is 84.3 Å². The van der Waals surface area contributed by atoms with Gasteiger partial charge in [-0.2, -0.15) is 0 Å². The molecule has 0 atom stereocenters. The Morgan fingerprint density at radius 2 is 0.671 bits per heavy atom. The van der Waals surface area contributed by atoms with Gasteiger partial charge in [0, 0.05) is 153 Å². The van der Waals surface area contributed by atoms with E-state index in [2.05, 4.69) is 136 Å². The monoisotopic (exact) mass is 1970 g/mol. The number of ketones is 6. The number of likely N-dealkylation sites (N-methyl/N-ethyl adjacent to an activating group) is 2. The van der Waals surface area contributed by atoms with Crippen LogP contribution in [0, 0.1) is 27.7 Å². The van der Waals surface area contributed by atoms with Crippen molar-refractivity contribution in [3.8, 4) is 0 Å². The highest BCUT2D eigenvalue weighted by Gasteiger charge is 2.36. The molecule has 143 heavy (non-hydrogen) atoms. The highest BCUT2D eigenvalue weighted by Crippen LogP contribution is 2.40. The number of hydrogen-bond donors (Lipinski definition) is 6. The Balaban J connectivity index is 0.000000272. The van der Waals surface area contributed by atoms with Crippen LogP contribution in [-0.4, -0.2) is 155 Å². The molecule has 10 aromatic carbocycles. The number of anilines is 7. The molecule has 0 saturated carbocycles. The summed E-state index contributed by atoms with van der Waals surface area (Å²) >= 11 is 12.4. The average Bonchev–Trinajstić information content (AvgIpc) is 0.737. The van der Waals surface area contributed by atoms with Crippen molar-refractivity contribution in [3.05, 3.63) is 359 Å². The molecule has 0 aromatic heterocycles. The molecule has 0 bridgehead atoms. The Labute approximate surface area is 854 Å². The van der Waals surface area contributed by atoms with Crippen LogP contribution < -0.4 is 51.5 Å². The Morgan fingerprint density at radius 3 is 1.04 bits per heavy atom. The van der Waals surface area contributed by atoms with Crippen LogP contribution in [0.3, 0.4) is 0 Å². The van der Waals surface area contributed by atoms with Gasteiger partial charge in [-0.15, -0.1) is 0 Å². The van der Waals surface area contributed by atoms with Gasteiger partial charge in [0.1, 0.15) is 0 Å². The summed E-state index contributed by atoms with van der Waals surface area (Å²) in [6, 6.07) is 68.1. The minimum absolute atomic E-state index is 0. The van der Waals surface area contributed by atoms with Gasteiger partial charge < -0.3 is 51.5 Å². The van der Waals surface area contributed by atoms with E-state index in [9.17, 15) is 47.9 Å². The first-order valence-electron chi connectivity index (χ1n) is 46.0. The lowest BCUT2D eigenvalue weighted by Gasteiger charge is -2.23. The maximum absolute atomic E-state index is 13.2. The summed E-state index contributed by atoms with van der Waals surface area (Å²) in [5.74, 6) is -3.14. The van der Waals surface area contributed by atoms with Crippen LogP contribution in [0.2, 0.25) is 0 Å². The lowest BCUT2D eigenvalue weighted by atomic mass is 9.82. The highest BCUT2D eigenvalue weighted by molar-refractivity contribution is 6.50. The normalized spacial score (nSPS) is 14.0. The molecule has 5 aliphatic rings. The van der Waals surface area contributed by atoms with Gasteiger partial charge in [-0.05, 0) is 270 Å². The quantitative estimate of drug-likeness (QED) is 0.0242. The Kier molecular flexibility index (Phi) is 43.8. The lowest BCUT2D eigenvalue weighted by Crippen LogP contribution is -2.31. The lowest BCUT2D eigenvalue weighted by molar-refractivity contribution is -0.120. The second-order valence-corrected chi connectivity index (χ2v) is 33.4. The van der Waals surface area contributed by atoms with E-state index < -0.39 is 23.4 Å². The largest absolute Gasteiger partial charge is 0.388 e. The van der Waals surface area contributed by atoms with E-state index in [0.717, 1.165) is 137 Å². The molecule has 26 heteroatoms. The molecule has 4 amide bonds. The summed E-state index contributed by atoms with van der Waals surface area (Å²) in [6.07, 6.45) is 6.31. The summed E-state index contributed by atoms with van der Waals surface area (Å²) < 4.78 is 0. The van der Waals surface area contributed by atoms with Crippen molar-refractivity contribution >= 4 is 167 Å². The van der Waals surface area contributed by atoms with Crippen molar-refractivity contribution in [1.82, 2.24) is 21.3 Å². The number of nitrogens with zero attached hydrogens (tertiary/aromatic N) is 8. The summed E-state index contributed by atoms with van der Waals surface area (Å²) in [4.78, 5) is 152. The molecule has 0 spiro atoms. The van der Waals surface area contributed by atoms with Crippen molar-refractivity contribution < 1.29 is 47.9 Å². The fourth-order valence-electron chi connectivity index (χ4n) is 16.2. The molecular weight excluding hydrogens is 1830 g/mol. The van der Waals surface area contributed by atoms with E-state index in [4.69, 9.17) is 38.2 Å². The molecule has 0 fully saturated rings. The molecule has 6 N–H and O–H groups in total. The number of benzene rings is 10. The predicted octanol–water partition coefficient (Wildman–Crippen LogP) is 24.4. The van der Waals surface area contributed by atoms with Crippen molar-refractivity contribution in [1.29, 1.82) is 0 Å². The molecule has 10 aromatic rings. The van der Waals surface area contributed by atoms with E-state index in [1.54, 1.807) is 118 Å². The number of carbonyl (C=O) groups excluding carboxylic acids is 10. The number of nitrogens with one attached hydrogen (secondary N) is 6. The number of Topliss-reactive ketones (excluding diaryl/α,β-unsaturated/α-hetero) is 4. The third-order valence-corrected chi connectivity index (χ3v) is 24.8. The van der Waals surface area contributed by atoms with Crippen LogP contribution in [0.5, 0.6) is 0 Å². The number of amides is 4. The standard InChI is InChI=1S/C25H26ClN3O2.C23H25N3O2.C22H23N3O2.C22H18N2O2.C20H24ClN3O2.5CH4/c1-5-29(6-2)19-12-13-20(16(3)14-19)27-21-15-22(24(30)23(26)17(21)4)28-25(31)18-10-8-7-9-11-18;1-5-26(6-2)16-11-12-20(15(3)13-16)25-21-14-19(23(28)24-4)22(27)18-10-8-7-9-17(18)21;1-4-25(5-2)16-12-10-15(11-13-16)24-20-14-19(22(27)23-3)21(26)18-9-7-6-8-17(18)20;1-13-6-5-7-14(12-13)24-18-11-10-17(23-2)19-20(18)22(26)16-9-4-3-8-15(16)21(19)25;1-6-24(7-2)15-8-9-16(12(3)10-15)23-17-11-18(22-14(5)25)20(26)19(21)13(17)4;;;;;/h7-15H,5-6H2,1-4H3,(H,28,31);7-14H,5-6H2,1-4H3,(H,24,28);6-14H,4-5H2,1-3H3,(H,23,27);3-12,23-24H,1-2H3;8-11H,6-7H2,1-5H3,(H,22,25);5*1H4. The first-order valence-corrected chi connectivity index (χ1v) is 46.8. The van der Waals surface area contributed by atoms with Gasteiger partial charge >= 0.3 is 0 Å². The number of fused-ring (bicyclic) bond motifs is 4. The molecule has 15 rings (SSSR count). The van der Waals surface area contributed by atoms with Crippen LogP contribution in [-0.2, 0) is 24.0 Å². The summed E-state index contributed by atoms with van der Waals surface area (Å²) in [5, 5.41) is 16.7. The molecule has 0 radical (unpaired) electrons. The van der Waals surface area contributed by atoms with Gasteiger partial charge in [-0.1, -0.05) is 163 Å². The van der Waals surface area contributed by atoms with Crippen LogP contribution >= 0.6 is 23.2 Å². The van der Waals surface area contributed by atoms with Gasteiger partial charge in [-0.25, -0.2) is 20.0 Å². The molecule has 0 heterocycles. The number of carbonyl (C=O) groups is 10. The van der Waals surface area contributed by atoms with Crippen molar-refractivity contribution in [3.63, 3.8) is 0 Å². The highest BCUT2D eigenvalue weighted by atomic mass is 35.5. The first-order chi connectivity index (χ1) is 66.3. The van der Waals surface area contributed by atoms with Gasteiger partial charge in [0.2, 0.25) is 17.5 Å². The fourth-order valence-corrected chi connectivity index (χ4v) is 16.6. The first kappa shape index (κ1) is 116. The smallest absolute Gasteiger partial charge is 0.255 e. The minimum atomic E-state index is -0.420. The van der Waals surface area contributed by atoms with E-state index in [-0.39, 0.29) is 105 Å². The number of hydrogen-bond acceptors (Lipinski definition) is 20. The molecule has 0 aliphatic heterocycles. The average molecular weight is 1970 g/mol. The Morgan fingerprint density at radius 1 is 0.329 bits per heavy atom. The molecule has 748 valence electrons. The number of allylic oxidation sites excluding steroid dienone is 8. The number of aliphatic imine (C=N–C) groups is 4. The summed E-state index contributed by atoms with van der Waals surface area (Å²) in [5.41, 5.74) is 22.8. The summed E-state index contributed by atoms with van der Waals surface area (Å²) in [7, 11) is 4.78. The SMILES string of the molecule is C.C.C.C.C.CCN(CC)c1ccc(N=C2C=C(C(=O)NC)C(=O)c3ccccc32)c(C)c1.CCN(CC)c1ccc(N=C2C=C(C(=O)NC)C(=O)c3ccccc32)cc1.CCN(CC)c1ccc(N=C2C=C(NC(=O)c3ccccc3)C(=O)C(Cl)=C2C)c(C)c1.CCN(CC)c1ccc(N=C2C=C(NC(C)=O)C(=O)C(Cl)=C2C)c(C)c1.CNc1ccc(Nc2cccc(C)c2)c2c1C(=O)c1ccccc1C2=O. The number of halogens is 2. The molecular formula is C117H136Cl2N14O10. The topological polar surface area (TPSA) is 305 Å². The van der Waals surface area contributed by atoms with Crippen LogP contribution in [0.25, 0.3) is 0 Å². The zero-order valence-electron chi connectivity index (χ0n) is 81.2. The predicted molar refractivity (Wildman–Crippen MR) is 595 cm³/mol. The maximum Gasteiger partial charge on any atom is 0.255 e. The number of rotatable bonds is 24. The molecule has 24 nitrogen and oxygen atoms in total. The van der Waals surface area contributed by atoms with Crippen LogP contribution in [0.1, 0.15) is 210 Å². The maximum atomic E-state index is 13.2. The second kappa shape index (κ2) is 53.8. The Hall–Kier alpha value is -15.4. The van der Waals surface area contributed by atoms with Gasteiger partial charge in [-0.3, -0.25) is 47.9 Å². The van der Waals surface area contributed by atoms with E-state index >= 15 is 0 Å². The number of aryl methyl sites for hydroxylation is 4. The third kappa shape index (κ3) is 27.4. The van der Waals surface area contributed by atoms with Crippen molar-refractivity contribution in [2.75, 3.05) is 104 Å². The third-order valence-electron chi connectivity index (χ3n) is 23.9. The molecule has 5 aliphatic carbocycles. The van der Waals surface area contributed by atoms with Crippen LogP contribution in [0.15, 0.2) is 306 Å². The van der Waals surface area contributed by atoms with Crippen molar-refractivity contribution in [2.24, 2.45) is 20.0 Å². The Bertz CT molecular complexity index is 6760. The van der Waals surface area contributed by atoms with Gasteiger partial charge in [0.15, 0.2) is 23.1 Å². The fraction of sp³-hybridized carbons (Fsp3) is 0.265. The minimum Gasteiger partial charge on any atom is -0.388 e. The van der Waals surface area contributed by atoms with E-state index in [1.165, 1.54) is 21.0 Å². The molecule has 0 unspecified atom stereocenters. The van der Waals surface area contributed by atoms with Crippen molar-refractivity contribution in [2.45, 2.75) is 141 Å². The summed E-state index contributed by atoms with van der Waals surface area (Å²) in [6.45, 7) is 37.4. The zero-order valence-corrected chi connectivity index (χ0v) is 82.7. The second-order valence-electron chi connectivity index (χ2n) is 32.6. The van der Waals surface area contributed by atoms with Gasteiger partial charge in [0.05, 0.1) is 95.0 Å². The molecule has 0 saturated heterocycles. The van der Waals surface area contributed by atoms with E-state index in [1.807, 2.05) is 149 Å².